The molecule has 0 saturated heterocycles. The van der Waals surface area contributed by atoms with Gasteiger partial charge in [0.05, 0.1) is 5.75 Å². The Morgan fingerprint density at radius 2 is 1.85 bits per heavy atom. The van der Waals surface area contributed by atoms with Gasteiger partial charge in [-0.3, -0.25) is 4.79 Å². The second kappa shape index (κ2) is 8.85. The third-order valence-corrected chi connectivity index (χ3v) is 4.89. The number of hydrogen-bond acceptors (Lipinski definition) is 4. The van der Waals surface area contributed by atoms with E-state index in [0.29, 0.717) is 24.2 Å². The zero-order valence-electron chi connectivity index (χ0n) is 15.5. The number of aryl methyl sites for hydroxylation is 1. The first-order chi connectivity index (χ1) is 12.3. The summed E-state index contributed by atoms with van der Waals surface area (Å²) in [5.41, 5.74) is 3.43. The van der Waals surface area contributed by atoms with Crippen molar-refractivity contribution in [2.75, 3.05) is 30.8 Å². The predicted octanol–water partition coefficient (Wildman–Crippen LogP) is 2.80. The van der Waals surface area contributed by atoms with E-state index in [-0.39, 0.29) is 11.7 Å². The van der Waals surface area contributed by atoms with Gasteiger partial charge in [0, 0.05) is 37.1 Å². The maximum Gasteiger partial charge on any atom is 0.251 e. The molecule has 6 heteroatoms. The van der Waals surface area contributed by atoms with E-state index in [2.05, 4.69) is 42.3 Å². The zero-order chi connectivity index (χ0) is 19.2. The van der Waals surface area contributed by atoms with Gasteiger partial charge in [-0.05, 0) is 49.2 Å². The van der Waals surface area contributed by atoms with Crippen LogP contribution in [0.2, 0.25) is 0 Å². The fourth-order valence-electron chi connectivity index (χ4n) is 2.81. The summed E-state index contributed by atoms with van der Waals surface area (Å²) < 4.78 is 22.8. The number of amides is 1. The van der Waals surface area contributed by atoms with Crippen LogP contribution in [-0.2, 0) is 15.6 Å². The van der Waals surface area contributed by atoms with Crippen molar-refractivity contribution in [3.8, 4) is 0 Å². The van der Waals surface area contributed by atoms with Crippen LogP contribution < -0.4 is 10.2 Å². The number of benzene rings is 2. The number of sulfone groups is 1. The molecule has 2 rings (SSSR count). The van der Waals surface area contributed by atoms with Crippen LogP contribution in [0.5, 0.6) is 0 Å². The van der Waals surface area contributed by atoms with Crippen molar-refractivity contribution in [2.24, 2.45) is 0 Å². The van der Waals surface area contributed by atoms with Crippen molar-refractivity contribution in [2.45, 2.75) is 19.6 Å². The fraction of sp³-hybridized carbons (Fsp3) is 0.350. The third kappa shape index (κ3) is 6.19. The summed E-state index contributed by atoms with van der Waals surface area (Å²) in [6.07, 6.45) is 1.18. The van der Waals surface area contributed by atoms with E-state index >= 15 is 0 Å². The van der Waals surface area contributed by atoms with Crippen molar-refractivity contribution in [3.63, 3.8) is 0 Å². The molecule has 5 nitrogen and oxygen atoms in total. The predicted molar refractivity (Wildman–Crippen MR) is 106 cm³/mol. The highest BCUT2D eigenvalue weighted by Gasteiger charge is 2.10. The highest BCUT2D eigenvalue weighted by molar-refractivity contribution is 7.89. The Bertz CT molecular complexity index is 863. The van der Waals surface area contributed by atoms with Gasteiger partial charge in [-0.1, -0.05) is 24.3 Å². The van der Waals surface area contributed by atoms with Crippen molar-refractivity contribution < 1.29 is 13.2 Å². The largest absolute Gasteiger partial charge is 0.370 e. The Morgan fingerprint density at radius 1 is 1.12 bits per heavy atom. The molecule has 0 unspecified atom stereocenters. The van der Waals surface area contributed by atoms with Crippen molar-refractivity contribution in [1.29, 1.82) is 0 Å². The first-order valence-corrected chi connectivity index (χ1v) is 10.7. The summed E-state index contributed by atoms with van der Waals surface area (Å²) in [5.74, 6) is -0.258. The van der Waals surface area contributed by atoms with Gasteiger partial charge in [0.15, 0.2) is 9.84 Å². The molecule has 0 aliphatic rings. The van der Waals surface area contributed by atoms with Gasteiger partial charge in [0.1, 0.15) is 0 Å². The molecule has 0 bridgehead atoms. The van der Waals surface area contributed by atoms with Crippen LogP contribution in [0.25, 0.3) is 0 Å². The average molecular weight is 375 g/mol. The van der Waals surface area contributed by atoms with Crippen LogP contribution in [-0.4, -0.2) is 40.2 Å². The van der Waals surface area contributed by atoms with Gasteiger partial charge in [0.25, 0.3) is 5.91 Å². The van der Waals surface area contributed by atoms with Crippen molar-refractivity contribution in [3.05, 3.63) is 65.2 Å². The number of likely N-dealkylation sites (N-methyl/N-ethyl adjacent to an activating group) is 1. The number of rotatable bonds is 8. The van der Waals surface area contributed by atoms with Crippen LogP contribution in [0.4, 0.5) is 5.69 Å². The molecule has 0 radical (unpaired) electrons. The lowest BCUT2D eigenvalue weighted by Gasteiger charge is -2.23. The summed E-state index contributed by atoms with van der Waals surface area (Å²) in [6.45, 7) is 6.20. The van der Waals surface area contributed by atoms with Crippen LogP contribution >= 0.6 is 0 Å². The summed E-state index contributed by atoms with van der Waals surface area (Å²) in [7, 11) is -3.12. The van der Waals surface area contributed by atoms with Gasteiger partial charge in [0.2, 0.25) is 0 Å². The molecule has 0 saturated carbocycles. The van der Waals surface area contributed by atoms with Gasteiger partial charge < -0.3 is 10.2 Å². The summed E-state index contributed by atoms with van der Waals surface area (Å²) >= 11 is 0. The lowest BCUT2D eigenvalue weighted by molar-refractivity contribution is 0.0954. The first-order valence-electron chi connectivity index (χ1n) is 8.65. The van der Waals surface area contributed by atoms with Crippen molar-refractivity contribution >= 4 is 21.4 Å². The van der Waals surface area contributed by atoms with Gasteiger partial charge in [-0.25, -0.2) is 8.42 Å². The molecular weight excluding hydrogens is 348 g/mol. The van der Waals surface area contributed by atoms with E-state index in [1.165, 1.54) is 11.8 Å². The Balaban J connectivity index is 1.95. The minimum absolute atomic E-state index is 0.0644. The van der Waals surface area contributed by atoms with E-state index in [9.17, 15) is 13.2 Å². The van der Waals surface area contributed by atoms with Gasteiger partial charge in [-0.15, -0.1) is 0 Å². The SMILES string of the molecule is CCN(CCNC(=O)c1cccc(CS(C)(=O)=O)c1)c1cccc(C)c1. The highest BCUT2D eigenvalue weighted by atomic mass is 32.2. The number of anilines is 1. The molecule has 140 valence electrons. The van der Waals surface area contributed by atoms with E-state index in [4.69, 9.17) is 0 Å². The Labute approximate surface area is 156 Å². The Morgan fingerprint density at radius 3 is 2.50 bits per heavy atom. The number of carbonyl (C=O) groups is 1. The molecule has 0 fully saturated rings. The Kier molecular flexibility index (Phi) is 6.80. The maximum atomic E-state index is 12.3. The quantitative estimate of drug-likeness (QED) is 0.772. The van der Waals surface area contributed by atoms with E-state index < -0.39 is 9.84 Å². The van der Waals surface area contributed by atoms with Crippen LogP contribution in [0.3, 0.4) is 0 Å². The van der Waals surface area contributed by atoms with Crippen LogP contribution in [0, 0.1) is 6.92 Å². The fourth-order valence-corrected chi connectivity index (χ4v) is 3.59. The molecule has 0 aromatic heterocycles. The van der Waals surface area contributed by atoms with E-state index in [1.807, 2.05) is 6.07 Å². The van der Waals surface area contributed by atoms with Crippen LogP contribution in [0.15, 0.2) is 48.5 Å². The first kappa shape index (κ1) is 20.0. The topological polar surface area (TPSA) is 66.5 Å². The lowest BCUT2D eigenvalue weighted by atomic mass is 10.1. The van der Waals surface area contributed by atoms with Gasteiger partial charge >= 0.3 is 0 Å². The number of carbonyl (C=O) groups excluding carboxylic acids is 1. The molecule has 0 aliphatic carbocycles. The number of nitrogens with zero attached hydrogens (tertiary/aromatic N) is 1. The monoisotopic (exact) mass is 374 g/mol. The molecule has 0 atom stereocenters. The number of hydrogen-bond donors (Lipinski definition) is 1. The summed E-state index contributed by atoms with van der Waals surface area (Å²) in [4.78, 5) is 14.5. The zero-order valence-corrected chi connectivity index (χ0v) is 16.3. The molecule has 1 amide bonds. The molecule has 0 aliphatic heterocycles. The van der Waals surface area contributed by atoms with Crippen LogP contribution in [0.1, 0.15) is 28.4 Å². The normalized spacial score (nSPS) is 11.2. The molecular formula is C20H26N2O3S. The summed E-state index contributed by atoms with van der Waals surface area (Å²) in [6, 6.07) is 15.0. The maximum absolute atomic E-state index is 12.3. The standard InChI is InChI=1S/C20H26N2O3S/c1-4-22(19-10-5-7-16(2)13-19)12-11-21-20(23)18-9-6-8-17(14-18)15-26(3,24)25/h5-10,13-14H,4,11-12,15H2,1-3H3,(H,21,23). The Hall–Kier alpha value is -2.34. The average Bonchev–Trinajstić information content (AvgIpc) is 2.57. The second-order valence-corrected chi connectivity index (χ2v) is 8.59. The van der Waals surface area contributed by atoms with Gasteiger partial charge in [-0.2, -0.15) is 0 Å². The number of nitrogens with one attached hydrogen (secondary N) is 1. The molecule has 0 heterocycles. The van der Waals surface area contributed by atoms with Crippen molar-refractivity contribution in [1.82, 2.24) is 5.32 Å². The molecule has 2 aromatic carbocycles. The minimum Gasteiger partial charge on any atom is -0.370 e. The minimum atomic E-state index is -3.12. The molecule has 2 aromatic rings. The lowest BCUT2D eigenvalue weighted by Crippen LogP contribution is -2.35. The summed E-state index contributed by atoms with van der Waals surface area (Å²) in [5, 5.41) is 2.91. The van der Waals surface area contributed by atoms with E-state index in [1.54, 1.807) is 24.3 Å². The smallest absolute Gasteiger partial charge is 0.251 e. The molecule has 0 spiro atoms. The van der Waals surface area contributed by atoms with E-state index in [0.717, 1.165) is 12.2 Å². The molecule has 26 heavy (non-hydrogen) atoms. The highest BCUT2D eigenvalue weighted by Crippen LogP contribution is 2.15. The second-order valence-electron chi connectivity index (χ2n) is 6.45. The molecule has 1 N–H and O–H groups in total. The third-order valence-electron chi connectivity index (χ3n) is 4.03.